The number of rotatable bonds is 3. The van der Waals surface area contributed by atoms with Crippen LogP contribution in [-0.4, -0.2) is 45.9 Å². The fourth-order valence-corrected chi connectivity index (χ4v) is 6.28. The Morgan fingerprint density at radius 2 is 2.25 bits per heavy atom. The average Bonchev–Trinajstić information content (AvgIpc) is 2.99. The van der Waals surface area contributed by atoms with Crippen molar-refractivity contribution in [1.82, 2.24) is 10.2 Å². The molecule has 6 heteroatoms. The summed E-state index contributed by atoms with van der Waals surface area (Å²) in [5.41, 5.74) is 0. The number of hydrogen-bond donors (Lipinski definition) is 1. The van der Waals surface area contributed by atoms with Gasteiger partial charge < -0.3 is 4.90 Å². The Hall–Kier alpha value is -0.170. The summed E-state index contributed by atoms with van der Waals surface area (Å²) in [7, 11) is 0. The minimum Gasteiger partial charge on any atom is -0.320 e. The minimum absolute atomic E-state index is 0.0661. The molecule has 3 atom stereocenters. The van der Waals surface area contributed by atoms with Gasteiger partial charge >= 0.3 is 0 Å². The van der Waals surface area contributed by atoms with E-state index in [0.717, 1.165) is 6.54 Å². The maximum absolute atomic E-state index is 12.4. The maximum atomic E-state index is 12.4. The van der Waals surface area contributed by atoms with E-state index < -0.39 is 0 Å². The second-order valence-electron chi connectivity index (χ2n) is 5.30. The van der Waals surface area contributed by atoms with Crippen LogP contribution in [0.25, 0.3) is 0 Å². The standard InChI is InChI=1S/C14H20N2OS3/c1-9-3-4-12(20-9)13-15-10(2)14(17)16(13)7-11-8-18-5-6-19-11/h3-4,10-11,13,15H,5-8H2,1-2H3. The van der Waals surface area contributed by atoms with E-state index in [2.05, 4.69) is 29.3 Å². The molecule has 2 aliphatic heterocycles. The lowest BCUT2D eigenvalue weighted by Gasteiger charge is -2.29. The molecule has 0 saturated carbocycles. The first-order valence-corrected chi connectivity index (χ1v) is 9.99. The Morgan fingerprint density at radius 1 is 1.40 bits per heavy atom. The van der Waals surface area contributed by atoms with Crippen LogP contribution in [0.5, 0.6) is 0 Å². The number of nitrogens with one attached hydrogen (secondary N) is 1. The van der Waals surface area contributed by atoms with Crippen molar-refractivity contribution >= 4 is 40.8 Å². The molecule has 0 radical (unpaired) electrons. The van der Waals surface area contributed by atoms with Gasteiger partial charge in [0.1, 0.15) is 6.17 Å². The number of carbonyl (C=O) groups is 1. The van der Waals surface area contributed by atoms with E-state index in [1.165, 1.54) is 27.0 Å². The number of hydrogen-bond acceptors (Lipinski definition) is 5. The smallest absolute Gasteiger partial charge is 0.241 e. The topological polar surface area (TPSA) is 32.3 Å². The molecular weight excluding hydrogens is 308 g/mol. The number of amides is 1. The lowest BCUT2D eigenvalue weighted by atomic mass is 10.3. The predicted octanol–water partition coefficient (Wildman–Crippen LogP) is 2.72. The molecule has 1 amide bonds. The first kappa shape index (κ1) is 14.8. The van der Waals surface area contributed by atoms with Crippen molar-refractivity contribution in [2.45, 2.75) is 31.3 Å². The van der Waals surface area contributed by atoms with Gasteiger partial charge in [0.2, 0.25) is 5.91 Å². The van der Waals surface area contributed by atoms with Gasteiger partial charge in [0.05, 0.1) is 6.04 Å². The van der Waals surface area contributed by atoms with Crippen LogP contribution in [0, 0.1) is 6.92 Å². The van der Waals surface area contributed by atoms with E-state index >= 15 is 0 Å². The third-order valence-electron chi connectivity index (χ3n) is 3.69. The van der Waals surface area contributed by atoms with Gasteiger partial charge in [-0.3, -0.25) is 10.1 Å². The molecule has 0 aromatic carbocycles. The highest BCUT2D eigenvalue weighted by Crippen LogP contribution is 2.33. The van der Waals surface area contributed by atoms with Gasteiger partial charge in [-0.2, -0.15) is 23.5 Å². The Morgan fingerprint density at radius 3 is 2.90 bits per heavy atom. The summed E-state index contributed by atoms with van der Waals surface area (Å²) >= 11 is 5.82. The molecule has 0 bridgehead atoms. The molecule has 1 aromatic rings. The highest BCUT2D eigenvalue weighted by molar-refractivity contribution is 8.06. The average molecular weight is 329 g/mol. The van der Waals surface area contributed by atoms with E-state index in [-0.39, 0.29) is 18.1 Å². The third kappa shape index (κ3) is 3.03. The van der Waals surface area contributed by atoms with Crippen LogP contribution in [0.3, 0.4) is 0 Å². The molecule has 2 fully saturated rings. The zero-order chi connectivity index (χ0) is 14.1. The monoisotopic (exact) mass is 328 g/mol. The van der Waals surface area contributed by atoms with Gasteiger partial charge in [0.25, 0.3) is 0 Å². The molecule has 3 rings (SSSR count). The number of aryl methyl sites for hydroxylation is 1. The lowest BCUT2D eigenvalue weighted by Crippen LogP contribution is -2.37. The van der Waals surface area contributed by atoms with Crippen molar-refractivity contribution in [3.05, 3.63) is 21.9 Å². The number of nitrogens with zero attached hydrogens (tertiary/aromatic N) is 1. The molecule has 1 aromatic heterocycles. The molecule has 2 aliphatic rings. The summed E-state index contributed by atoms with van der Waals surface area (Å²) in [6.45, 7) is 4.96. The SMILES string of the molecule is Cc1ccc(C2NC(C)C(=O)N2CC2CSCCS2)s1. The van der Waals surface area contributed by atoms with E-state index in [4.69, 9.17) is 0 Å². The Balaban J connectivity index is 1.75. The summed E-state index contributed by atoms with van der Waals surface area (Å²) in [5, 5.41) is 4.02. The number of thioether (sulfide) groups is 2. The van der Waals surface area contributed by atoms with E-state index in [0.29, 0.717) is 5.25 Å². The Labute approximate surface area is 132 Å². The second kappa shape index (κ2) is 6.30. The van der Waals surface area contributed by atoms with E-state index in [1.54, 1.807) is 11.3 Å². The molecule has 110 valence electrons. The highest BCUT2D eigenvalue weighted by Gasteiger charge is 2.39. The molecule has 0 spiro atoms. The third-order valence-corrected chi connectivity index (χ3v) is 7.57. The van der Waals surface area contributed by atoms with Crippen molar-refractivity contribution < 1.29 is 4.79 Å². The summed E-state index contributed by atoms with van der Waals surface area (Å²) in [5.74, 6) is 3.87. The minimum atomic E-state index is -0.0661. The summed E-state index contributed by atoms with van der Waals surface area (Å²) in [6.07, 6.45) is 0.0729. The van der Waals surface area contributed by atoms with E-state index in [9.17, 15) is 4.79 Å². The van der Waals surface area contributed by atoms with Crippen molar-refractivity contribution in [1.29, 1.82) is 0 Å². The zero-order valence-electron chi connectivity index (χ0n) is 11.8. The summed E-state index contributed by atoms with van der Waals surface area (Å²) < 4.78 is 0. The summed E-state index contributed by atoms with van der Waals surface area (Å²) in [4.78, 5) is 17.0. The van der Waals surface area contributed by atoms with Crippen molar-refractivity contribution in [2.75, 3.05) is 23.8 Å². The molecule has 1 N–H and O–H groups in total. The van der Waals surface area contributed by atoms with Crippen molar-refractivity contribution in [3.63, 3.8) is 0 Å². The molecule has 3 unspecified atom stereocenters. The first-order chi connectivity index (χ1) is 9.65. The molecular formula is C14H20N2OS3. The van der Waals surface area contributed by atoms with Crippen LogP contribution in [0.2, 0.25) is 0 Å². The Bertz CT molecular complexity index is 485. The van der Waals surface area contributed by atoms with E-state index in [1.807, 2.05) is 30.4 Å². The van der Waals surface area contributed by atoms with Gasteiger partial charge in [-0.15, -0.1) is 11.3 Å². The number of carbonyl (C=O) groups excluding carboxylic acids is 1. The zero-order valence-corrected chi connectivity index (χ0v) is 14.2. The Kier molecular flexibility index (Phi) is 4.65. The molecule has 20 heavy (non-hydrogen) atoms. The summed E-state index contributed by atoms with van der Waals surface area (Å²) in [6, 6.07) is 4.22. The van der Waals surface area contributed by atoms with Crippen LogP contribution in [0.4, 0.5) is 0 Å². The normalized spacial score (nSPS) is 31.0. The van der Waals surface area contributed by atoms with Crippen LogP contribution in [-0.2, 0) is 4.79 Å². The van der Waals surface area contributed by atoms with Gasteiger partial charge in [-0.25, -0.2) is 0 Å². The van der Waals surface area contributed by atoms with Gasteiger partial charge in [-0.1, -0.05) is 0 Å². The molecule has 0 aliphatic carbocycles. The fraction of sp³-hybridized carbons (Fsp3) is 0.643. The van der Waals surface area contributed by atoms with Crippen LogP contribution in [0.1, 0.15) is 22.8 Å². The second-order valence-corrected chi connectivity index (χ2v) is 9.18. The van der Waals surface area contributed by atoms with Gasteiger partial charge in [0, 0.05) is 38.8 Å². The molecule has 3 heterocycles. The highest BCUT2D eigenvalue weighted by atomic mass is 32.2. The van der Waals surface area contributed by atoms with Gasteiger partial charge in [0.15, 0.2) is 0 Å². The predicted molar refractivity (Wildman–Crippen MR) is 89.7 cm³/mol. The van der Waals surface area contributed by atoms with Crippen molar-refractivity contribution in [3.8, 4) is 0 Å². The quantitative estimate of drug-likeness (QED) is 0.925. The van der Waals surface area contributed by atoms with Crippen molar-refractivity contribution in [2.24, 2.45) is 0 Å². The molecule has 3 nitrogen and oxygen atoms in total. The van der Waals surface area contributed by atoms with Crippen LogP contribution >= 0.6 is 34.9 Å². The largest absolute Gasteiger partial charge is 0.320 e. The van der Waals surface area contributed by atoms with Crippen LogP contribution < -0.4 is 5.32 Å². The first-order valence-electron chi connectivity index (χ1n) is 6.97. The lowest BCUT2D eigenvalue weighted by molar-refractivity contribution is -0.129. The fourth-order valence-electron chi connectivity index (χ4n) is 2.67. The maximum Gasteiger partial charge on any atom is 0.241 e. The molecule has 2 saturated heterocycles. The number of thiophene rings is 1. The van der Waals surface area contributed by atoms with Gasteiger partial charge in [-0.05, 0) is 26.0 Å². The van der Waals surface area contributed by atoms with Crippen LogP contribution in [0.15, 0.2) is 12.1 Å².